The molecule has 0 saturated carbocycles. The van der Waals surface area contributed by atoms with Crippen molar-refractivity contribution in [3.05, 3.63) is 48.6 Å². The minimum atomic E-state index is 2.00. The van der Waals surface area contributed by atoms with E-state index >= 15 is 0 Å². The average molecular weight is 134 g/mol. The first-order valence-corrected chi connectivity index (χ1v) is 3.49. The highest BCUT2D eigenvalue weighted by Crippen LogP contribution is 1.80. The van der Waals surface area contributed by atoms with Gasteiger partial charge in [0.15, 0.2) is 0 Å². The lowest BCUT2D eigenvalue weighted by Crippen LogP contribution is -1.49. The van der Waals surface area contributed by atoms with Crippen molar-refractivity contribution < 1.29 is 0 Å². The standard InChI is InChI=1S/C10H14/c1-3-5-7-9-10-8-6-4-2/h3-10H,1-2H3/b5-3-,6-4+,9-7-,10-8+. The third-order valence-corrected chi connectivity index (χ3v) is 0.940. The van der Waals surface area contributed by atoms with Gasteiger partial charge >= 0.3 is 0 Å². The second-order valence-electron chi connectivity index (χ2n) is 1.82. The highest BCUT2D eigenvalue weighted by molar-refractivity contribution is 5.14. The summed E-state index contributed by atoms with van der Waals surface area (Å²) in [5.41, 5.74) is 0. The van der Waals surface area contributed by atoms with Crippen LogP contribution < -0.4 is 0 Å². The molecule has 0 saturated heterocycles. The second-order valence-corrected chi connectivity index (χ2v) is 1.82. The third kappa shape index (κ3) is 6.96. The summed E-state index contributed by atoms with van der Waals surface area (Å²) in [6, 6.07) is 0. The summed E-state index contributed by atoms with van der Waals surface area (Å²) < 4.78 is 0. The molecule has 0 aromatic heterocycles. The summed E-state index contributed by atoms with van der Waals surface area (Å²) in [4.78, 5) is 0. The van der Waals surface area contributed by atoms with Gasteiger partial charge in [-0.1, -0.05) is 48.6 Å². The van der Waals surface area contributed by atoms with E-state index in [2.05, 4.69) is 0 Å². The van der Waals surface area contributed by atoms with Gasteiger partial charge in [0.1, 0.15) is 0 Å². The van der Waals surface area contributed by atoms with Gasteiger partial charge in [-0.3, -0.25) is 0 Å². The topological polar surface area (TPSA) is 0 Å². The van der Waals surface area contributed by atoms with Gasteiger partial charge in [0.05, 0.1) is 0 Å². The van der Waals surface area contributed by atoms with Crippen LogP contribution >= 0.6 is 0 Å². The minimum absolute atomic E-state index is 2.00. The third-order valence-electron chi connectivity index (χ3n) is 0.940. The Balaban J connectivity index is 3.51. The summed E-state index contributed by atoms with van der Waals surface area (Å²) in [5.74, 6) is 0. The van der Waals surface area contributed by atoms with Crippen LogP contribution in [-0.2, 0) is 0 Å². The van der Waals surface area contributed by atoms with Crippen molar-refractivity contribution in [3.8, 4) is 0 Å². The van der Waals surface area contributed by atoms with E-state index in [1.165, 1.54) is 0 Å². The number of hydrogen-bond donors (Lipinski definition) is 0. The first kappa shape index (κ1) is 8.96. The first-order valence-electron chi connectivity index (χ1n) is 3.49. The molecule has 0 aliphatic rings. The Kier molecular flexibility index (Phi) is 7.13. The lowest BCUT2D eigenvalue weighted by atomic mass is 10.4. The van der Waals surface area contributed by atoms with Crippen molar-refractivity contribution in [2.45, 2.75) is 13.8 Å². The Morgan fingerprint density at radius 2 is 0.800 bits per heavy atom. The van der Waals surface area contributed by atoms with E-state index in [-0.39, 0.29) is 0 Å². The molecular weight excluding hydrogens is 120 g/mol. The van der Waals surface area contributed by atoms with E-state index in [0.29, 0.717) is 0 Å². The van der Waals surface area contributed by atoms with Crippen LogP contribution in [0.4, 0.5) is 0 Å². The molecule has 0 aromatic carbocycles. The van der Waals surface area contributed by atoms with Crippen LogP contribution in [0, 0.1) is 0 Å². The Hall–Kier alpha value is -1.04. The summed E-state index contributed by atoms with van der Waals surface area (Å²) in [6.45, 7) is 4.00. The molecule has 0 bridgehead atoms. The minimum Gasteiger partial charge on any atom is -0.0877 e. The van der Waals surface area contributed by atoms with E-state index < -0.39 is 0 Å². The molecule has 0 amide bonds. The van der Waals surface area contributed by atoms with Crippen molar-refractivity contribution in [3.63, 3.8) is 0 Å². The van der Waals surface area contributed by atoms with Crippen LogP contribution in [0.2, 0.25) is 0 Å². The molecular formula is C10H14. The molecule has 0 radical (unpaired) electrons. The molecule has 54 valence electrons. The van der Waals surface area contributed by atoms with Gasteiger partial charge in [0.2, 0.25) is 0 Å². The predicted octanol–water partition coefficient (Wildman–Crippen LogP) is 3.25. The highest BCUT2D eigenvalue weighted by atomic mass is 13.7. The summed E-state index contributed by atoms with van der Waals surface area (Å²) in [7, 11) is 0. The predicted molar refractivity (Wildman–Crippen MR) is 47.9 cm³/mol. The molecule has 0 spiro atoms. The zero-order valence-corrected chi connectivity index (χ0v) is 6.62. The van der Waals surface area contributed by atoms with Gasteiger partial charge in [-0.05, 0) is 13.8 Å². The molecule has 0 unspecified atom stereocenters. The fourth-order valence-electron chi connectivity index (χ4n) is 0.479. The Morgan fingerprint density at radius 1 is 0.500 bits per heavy atom. The van der Waals surface area contributed by atoms with Crippen LogP contribution in [-0.4, -0.2) is 0 Å². The number of rotatable bonds is 3. The van der Waals surface area contributed by atoms with Gasteiger partial charge in [-0.15, -0.1) is 0 Å². The van der Waals surface area contributed by atoms with E-state index in [0.717, 1.165) is 0 Å². The van der Waals surface area contributed by atoms with Gasteiger partial charge in [0.25, 0.3) is 0 Å². The maximum atomic E-state index is 2.00. The molecule has 0 atom stereocenters. The van der Waals surface area contributed by atoms with E-state index in [4.69, 9.17) is 0 Å². The van der Waals surface area contributed by atoms with Crippen molar-refractivity contribution in [1.29, 1.82) is 0 Å². The Labute approximate surface area is 63.3 Å². The smallest absolute Gasteiger partial charge is 0.0467 e. The summed E-state index contributed by atoms with van der Waals surface area (Å²) >= 11 is 0. The Morgan fingerprint density at radius 3 is 1.10 bits per heavy atom. The number of hydrogen-bond acceptors (Lipinski definition) is 0. The second kappa shape index (κ2) is 7.96. The monoisotopic (exact) mass is 134 g/mol. The average Bonchev–Trinajstić information content (AvgIpc) is 1.97. The molecule has 0 heteroatoms. The van der Waals surface area contributed by atoms with Crippen molar-refractivity contribution in [2.24, 2.45) is 0 Å². The molecule has 0 N–H and O–H groups in total. The Bertz CT molecular complexity index is 137. The molecule has 10 heavy (non-hydrogen) atoms. The van der Waals surface area contributed by atoms with Gasteiger partial charge in [-0.25, -0.2) is 0 Å². The normalized spacial score (nSPS) is 13.4. The molecule has 0 heterocycles. The molecule has 0 aromatic rings. The van der Waals surface area contributed by atoms with E-state index in [1.807, 2.05) is 62.5 Å². The fraction of sp³-hybridized carbons (Fsp3) is 0.200. The molecule has 0 rings (SSSR count). The molecule has 0 aliphatic heterocycles. The molecule has 0 nitrogen and oxygen atoms in total. The largest absolute Gasteiger partial charge is 0.0877 e. The van der Waals surface area contributed by atoms with Crippen molar-refractivity contribution >= 4 is 0 Å². The first-order chi connectivity index (χ1) is 4.91. The molecule has 0 aliphatic carbocycles. The lowest BCUT2D eigenvalue weighted by Gasteiger charge is -1.71. The van der Waals surface area contributed by atoms with Crippen molar-refractivity contribution in [1.82, 2.24) is 0 Å². The van der Waals surface area contributed by atoms with Crippen LogP contribution in [0.5, 0.6) is 0 Å². The maximum Gasteiger partial charge on any atom is -0.0467 e. The summed E-state index contributed by atoms with van der Waals surface area (Å²) in [5, 5.41) is 0. The van der Waals surface area contributed by atoms with E-state index in [9.17, 15) is 0 Å². The SMILES string of the molecule is C\C=C/C=C\C=C\C=C\C. The van der Waals surface area contributed by atoms with Crippen molar-refractivity contribution in [2.75, 3.05) is 0 Å². The zero-order chi connectivity index (χ0) is 7.66. The summed E-state index contributed by atoms with van der Waals surface area (Å²) in [6.07, 6.45) is 16.0. The zero-order valence-electron chi connectivity index (χ0n) is 6.62. The number of allylic oxidation sites excluding steroid dienone is 8. The van der Waals surface area contributed by atoms with Crippen LogP contribution in [0.3, 0.4) is 0 Å². The van der Waals surface area contributed by atoms with Crippen LogP contribution in [0.1, 0.15) is 13.8 Å². The maximum absolute atomic E-state index is 2.00. The van der Waals surface area contributed by atoms with Gasteiger partial charge in [0, 0.05) is 0 Å². The lowest BCUT2D eigenvalue weighted by molar-refractivity contribution is 1.72. The van der Waals surface area contributed by atoms with Gasteiger partial charge in [-0.2, -0.15) is 0 Å². The quantitative estimate of drug-likeness (QED) is 0.520. The highest BCUT2D eigenvalue weighted by Gasteiger charge is 1.58. The fourth-order valence-corrected chi connectivity index (χ4v) is 0.479. The van der Waals surface area contributed by atoms with Crippen LogP contribution in [0.15, 0.2) is 48.6 Å². The van der Waals surface area contributed by atoms with Gasteiger partial charge < -0.3 is 0 Å². The molecule has 0 fully saturated rings. The van der Waals surface area contributed by atoms with Crippen LogP contribution in [0.25, 0.3) is 0 Å². The van der Waals surface area contributed by atoms with E-state index in [1.54, 1.807) is 0 Å².